The molecule has 0 bridgehead atoms. The van der Waals surface area contributed by atoms with Gasteiger partial charge < -0.3 is 18.3 Å². The molecule has 2 heterocycles. The molecule has 322 valence electrons. The van der Waals surface area contributed by atoms with Gasteiger partial charge in [0.05, 0.1) is 21.8 Å². The van der Waals surface area contributed by atoms with Crippen LogP contribution >= 0.6 is 0 Å². The smallest absolute Gasteiger partial charge is 0.347 e. The van der Waals surface area contributed by atoms with E-state index in [4.69, 9.17) is 18.3 Å². The van der Waals surface area contributed by atoms with Crippen molar-refractivity contribution >= 4 is 33.7 Å². The molecule has 0 atom stereocenters. The van der Waals surface area contributed by atoms with Gasteiger partial charge in [0.1, 0.15) is 11.5 Å². The molecule has 10 heteroatoms. The molecule has 0 spiro atoms. The van der Waals surface area contributed by atoms with Crippen LogP contribution in [0.4, 0.5) is 0 Å². The molecule has 0 saturated carbocycles. The molecule has 0 aliphatic carbocycles. The third-order valence-corrected chi connectivity index (χ3v) is 11.0. The molecule has 5 aromatic rings. The van der Waals surface area contributed by atoms with E-state index in [9.17, 15) is 19.2 Å². The fraction of sp³-hybridized carbons (Fsp3) is 0.520. The fourth-order valence-corrected chi connectivity index (χ4v) is 7.46. The summed E-state index contributed by atoms with van der Waals surface area (Å²) in [5.74, 6) is 0.118. The van der Waals surface area contributed by atoms with E-state index in [1.807, 2.05) is 0 Å². The second-order valence-electron chi connectivity index (χ2n) is 16.1. The highest BCUT2D eigenvalue weighted by Crippen LogP contribution is 2.27. The van der Waals surface area contributed by atoms with E-state index in [2.05, 4.69) is 23.8 Å². The first kappa shape index (κ1) is 46.0. The number of benzene rings is 3. The maximum atomic E-state index is 13.0. The number of rotatable bonds is 28. The molecule has 3 aromatic carbocycles. The number of carbonyl (C=O) groups excluding carboxylic acids is 2. The number of fused-ring (bicyclic) bond motifs is 2. The first-order chi connectivity index (χ1) is 29.3. The molecule has 2 aromatic heterocycles. The van der Waals surface area contributed by atoms with Gasteiger partial charge in [0, 0.05) is 24.0 Å². The number of nitrogens with zero attached hydrogens (tertiary/aromatic N) is 2. The van der Waals surface area contributed by atoms with Crippen LogP contribution in [-0.2, 0) is 9.59 Å². The Balaban J connectivity index is 1.08. The number of esters is 2. The van der Waals surface area contributed by atoms with Gasteiger partial charge in [0.2, 0.25) is 11.8 Å². The van der Waals surface area contributed by atoms with Crippen LogP contribution in [0.25, 0.3) is 44.7 Å². The van der Waals surface area contributed by atoms with E-state index in [1.54, 1.807) is 48.5 Å². The Labute approximate surface area is 354 Å². The van der Waals surface area contributed by atoms with Gasteiger partial charge in [-0.25, -0.2) is 19.6 Å². The molecule has 0 radical (unpaired) electrons. The number of unbranched alkanes of at least 4 members (excludes halogenated alkanes) is 20. The summed E-state index contributed by atoms with van der Waals surface area (Å²) in [5, 5.41) is 0.416. The van der Waals surface area contributed by atoms with Gasteiger partial charge in [-0.2, -0.15) is 0 Å². The molecule has 0 N–H and O–H groups in total. The van der Waals surface area contributed by atoms with Crippen molar-refractivity contribution in [2.75, 3.05) is 0 Å². The standard InChI is InChI=1S/C50H64N2O8/c1-3-5-7-9-11-13-15-17-19-21-23-25-45(53)57-39-31-33-43-41(35-39)49(55)59-47(51-43)37-27-29-38(30-28-37)48-52-44-34-32-40(36-42(44)50(56)60-48)58-46(54)26-24-22-20-18-16-14-12-10-8-6-4-2/h27-36H,3-26H2,1-2H3. The fourth-order valence-electron chi connectivity index (χ4n) is 7.46. The van der Waals surface area contributed by atoms with Crippen LogP contribution in [0, 0.1) is 0 Å². The number of hydrogen-bond donors (Lipinski definition) is 0. The maximum Gasteiger partial charge on any atom is 0.347 e. The second kappa shape index (κ2) is 25.5. The molecule has 0 aliphatic rings. The lowest BCUT2D eigenvalue weighted by molar-refractivity contribution is -0.135. The predicted molar refractivity (Wildman–Crippen MR) is 238 cm³/mol. The van der Waals surface area contributed by atoms with Crippen LogP contribution in [0.2, 0.25) is 0 Å². The molecule has 60 heavy (non-hydrogen) atoms. The summed E-state index contributed by atoms with van der Waals surface area (Å²) in [4.78, 5) is 60.1. The minimum atomic E-state index is -0.608. The summed E-state index contributed by atoms with van der Waals surface area (Å²) in [6, 6.07) is 16.3. The maximum absolute atomic E-state index is 13.0. The molecule has 5 rings (SSSR count). The molecule has 10 nitrogen and oxygen atoms in total. The van der Waals surface area contributed by atoms with Crippen molar-refractivity contribution in [3.05, 3.63) is 81.5 Å². The Bertz CT molecular complexity index is 2050. The van der Waals surface area contributed by atoms with Crippen molar-refractivity contribution in [1.29, 1.82) is 0 Å². The van der Waals surface area contributed by atoms with Gasteiger partial charge in [-0.05, 0) is 73.5 Å². The highest BCUT2D eigenvalue weighted by atomic mass is 16.5. The molecule has 0 saturated heterocycles. The summed E-state index contributed by atoms with van der Waals surface area (Å²) in [7, 11) is 0. The normalized spacial score (nSPS) is 11.4. The molecular formula is C50H64N2O8. The van der Waals surface area contributed by atoms with E-state index >= 15 is 0 Å². The summed E-state index contributed by atoms with van der Waals surface area (Å²) >= 11 is 0. The lowest BCUT2D eigenvalue weighted by Gasteiger charge is -2.07. The van der Waals surface area contributed by atoms with Crippen LogP contribution in [0.1, 0.15) is 168 Å². The Hall–Kier alpha value is -5.12. The van der Waals surface area contributed by atoms with Crippen molar-refractivity contribution in [1.82, 2.24) is 9.97 Å². The van der Waals surface area contributed by atoms with E-state index in [0.29, 0.717) is 35.0 Å². The molecule has 0 fully saturated rings. The van der Waals surface area contributed by atoms with Gasteiger partial charge in [-0.1, -0.05) is 142 Å². The third-order valence-electron chi connectivity index (χ3n) is 11.0. The van der Waals surface area contributed by atoms with Crippen LogP contribution in [0.5, 0.6) is 11.5 Å². The quantitative estimate of drug-likeness (QED) is 0.0272. The van der Waals surface area contributed by atoms with Crippen molar-refractivity contribution in [3.63, 3.8) is 0 Å². The lowest BCUT2D eigenvalue weighted by atomic mass is 10.1. The van der Waals surface area contributed by atoms with Gasteiger partial charge in [-0.3, -0.25) is 9.59 Å². The Morgan fingerprint density at radius 2 is 0.767 bits per heavy atom. The summed E-state index contributed by atoms with van der Waals surface area (Å²) in [6.45, 7) is 4.47. The molecule has 0 amide bonds. The second-order valence-corrected chi connectivity index (χ2v) is 16.1. The van der Waals surface area contributed by atoms with Crippen LogP contribution in [-0.4, -0.2) is 21.9 Å². The summed E-state index contributed by atoms with van der Waals surface area (Å²) < 4.78 is 22.2. The first-order valence-corrected chi connectivity index (χ1v) is 22.8. The van der Waals surface area contributed by atoms with Gasteiger partial charge in [0.15, 0.2) is 0 Å². The minimum absolute atomic E-state index is 0.110. The van der Waals surface area contributed by atoms with Crippen LogP contribution in [0.15, 0.2) is 79.1 Å². The third kappa shape index (κ3) is 15.2. The zero-order valence-electron chi connectivity index (χ0n) is 35.9. The summed E-state index contributed by atoms with van der Waals surface area (Å²) in [5.41, 5.74) is 0.645. The lowest BCUT2D eigenvalue weighted by Crippen LogP contribution is -2.09. The summed E-state index contributed by atoms with van der Waals surface area (Å²) in [6.07, 6.45) is 27.1. The number of carbonyl (C=O) groups is 2. The average molecular weight is 821 g/mol. The van der Waals surface area contributed by atoms with Crippen molar-refractivity contribution in [2.45, 2.75) is 168 Å². The number of hydrogen-bond acceptors (Lipinski definition) is 10. The van der Waals surface area contributed by atoms with Crippen molar-refractivity contribution in [3.8, 4) is 34.4 Å². The van der Waals surface area contributed by atoms with Crippen LogP contribution in [0.3, 0.4) is 0 Å². The Kier molecular flexibility index (Phi) is 19.5. The van der Waals surface area contributed by atoms with Crippen LogP contribution < -0.4 is 20.7 Å². The zero-order chi connectivity index (χ0) is 42.4. The SMILES string of the molecule is CCCCCCCCCCCCCC(=O)Oc1ccc2nc(-c3ccc(-c4nc5ccc(OC(=O)CCCCCCCCCCCCC)cc5c(=O)o4)cc3)oc(=O)c2c1. The highest BCUT2D eigenvalue weighted by Gasteiger charge is 2.15. The van der Waals surface area contributed by atoms with E-state index < -0.39 is 11.3 Å². The van der Waals surface area contributed by atoms with Crippen molar-refractivity contribution < 1.29 is 27.9 Å². The average Bonchev–Trinajstić information content (AvgIpc) is 3.25. The largest absolute Gasteiger partial charge is 0.427 e. The topological polar surface area (TPSA) is 139 Å². The highest BCUT2D eigenvalue weighted by molar-refractivity contribution is 5.83. The zero-order valence-corrected chi connectivity index (χ0v) is 35.9. The predicted octanol–water partition coefficient (Wildman–Crippen LogP) is 13.2. The monoisotopic (exact) mass is 820 g/mol. The van der Waals surface area contributed by atoms with E-state index in [-0.39, 0.29) is 46.0 Å². The molecule has 0 unspecified atom stereocenters. The Morgan fingerprint density at radius 1 is 0.450 bits per heavy atom. The van der Waals surface area contributed by atoms with Gasteiger partial charge in [0.25, 0.3) is 0 Å². The number of aromatic nitrogens is 2. The van der Waals surface area contributed by atoms with E-state index in [0.717, 1.165) is 38.5 Å². The minimum Gasteiger partial charge on any atom is -0.427 e. The Morgan fingerprint density at radius 3 is 1.10 bits per heavy atom. The number of ether oxygens (including phenoxy) is 2. The van der Waals surface area contributed by atoms with Crippen molar-refractivity contribution in [2.24, 2.45) is 0 Å². The molecular weight excluding hydrogens is 757 g/mol. The van der Waals surface area contributed by atoms with E-state index in [1.165, 1.54) is 115 Å². The molecule has 0 aliphatic heterocycles. The first-order valence-electron chi connectivity index (χ1n) is 22.8. The van der Waals surface area contributed by atoms with Gasteiger partial charge >= 0.3 is 23.2 Å². The van der Waals surface area contributed by atoms with Gasteiger partial charge in [-0.15, -0.1) is 0 Å².